The van der Waals surface area contributed by atoms with Crippen molar-refractivity contribution >= 4 is 22.6 Å². The van der Waals surface area contributed by atoms with Crippen molar-refractivity contribution in [2.24, 2.45) is 5.92 Å². The van der Waals surface area contributed by atoms with Crippen LogP contribution in [-0.2, 0) is 0 Å². The van der Waals surface area contributed by atoms with E-state index >= 15 is 0 Å². The van der Waals surface area contributed by atoms with Gasteiger partial charge in [0.15, 0.2) is 0 Å². The highest BCUT2D eigenvalue weighted by Gasteiger charge is 2.15. The predicted molar refractivity (Wildman–Crippen MR) is 95.7 cm³/mol. The van der Waals surface area contributed by atoms with E-state index in [1.165, 1.54) is 0 Å². The SMILES string of the molecule is CC(C)CC(CN(C)C)NC(=O)Nc1cccc2cccnc12. The van der Waals surface area contributed by atoms with Crippen molar-refractivity contribution in [1.82, 2.24) is 15.2 Å². The number of hydrogen-bond acceptors (Lipinski definition) is 3. The monoisotopic (exact) mass is 314 g/mol. The lowest BCUT2D eigenvalue weighted by molar-refractivity contribution is 0.240. The van der Waals surface area contributed by atoms with Gasteiger partial charge >= 0.3 is 6.03 Å². The second-order valence-corrected chi connectivity index (χ2v) is 6.57. The molecule has 0 spiro atoms. The number of aromatic nitrogens is 1. The molecule has 0 aliphatic heterocycles. The predicted octanol–water partition coefficient (Wildman–Crippen LogP) is 3.33. The summed E-state index contributed by atoms with van der Waals surface area (Å²) in [7, 11) is 4.03. The van der Waals surface area contributed by atoms with E-state index in [9.17, 15) is 4.79 Å². The van der Waals surface area contributed by atoms with Crippen LogP contribution in [0.3, 0.4) is 0 Å². The first-order valence-electron chi connectivity index (χ1n) is 8.01. The molecule has 1 heterocycles. The molecule has 0 fully saturated rings. The van der Waals surface area contributed by atoms with Crippen LogP contribution < -0.4 is 10.6 Å². The van der Waals surface area contributed by atoms with E-state index in [1.807, 2.05) is 44.4 Å². The number of fused-ring (bicyclic) bond motifs is 1. The molecule has 0 aliphatic carbocycles. The minimum Gasteiger partial charge on any atom is -0.334 e. The lowest BCUT2D eigenvalue weighted by Crippen LogP contribution is -2.44. The molecule has 0 aliphatic rings. The van der Waals surface area contributed by atoms with Crippen molar-refractivity contribution in [3.05, 3.63) is 36.5 Å². The zero-order chi connectivity index (χ0) is 16.8. The molecule has 2 aromatic rings. The average Bonchev–Trinajstić information content (AvgIpc) is 2.46. The van der Waals surface area contributed by atoms with Crippen LogP contribution in [0.1, 0.15) is 20.3 Å². The number of carbonyl (C=O) groups is 1. The minimum atomic E-state index is -0.185. The van der Waals surface area contributed by atoms with Gasteiger partial charge in [-0.05, 0) is 38.6 Å². The molecule has 1 aromatic heterocycles. The number of likely N-dealkylation sites (N-methyl/N-ethyl adjacent to an activating group) is 1. The Kier molecular flexibility index (Phi) is 5.93. The summed E-state index contributed by atoms with van der Waals surface area (Å²) >= 11 is 0. The zero-order valence-corrected chi connectivity index (χ0v) is 14.3. The Bertz CT molecular complexity index is 639. The van der Waals surface area contributed by atoms with Crippen molar-refractivity contribution in [3.63, 3.8) is 0 Å². The number of nitrogens with one attached hydrogen (secondary N) is 2. The highest BCUT2D eigenvalue weighted by molar-refractivity contribution is 5.99. The normalized spacial score (nSPS) is 12.6. The van der Waals surface area contributed by atoms with Gasteiger partial charge in [-0.1, -0.05) is 32.0 Å². The summed E-state index contributed by atoms with van der Waals surface area (Å²) in [4.78, 5) is 18.8. The number of rotatable bonds is 6. The zero-order valence-electron chi connectivity index (χ0n) is 14.3. The Balaban J connectivity index is 2.07. The van der Waals surface area contributed by atoms with Crippen molar-refractivity contribution in [2.75, 3.05) is 26.0 Å². The van der Waals surface area contributed by atoms with Gasteiger partial charge in [0.1, 0.15) is 0 Å². The molecule has 2 amide bonds. The molecule has 1 atom stereocenters. The molecule has 5 heteroatoms. The molecule has 5 nitrogen and oxygen atoms in total. The van der Waals surface area contributed by atoms with E-state index in [-0.39, 0.29) is 12.1 Å². The molecule has 2 N–H and O–H groups in total. The number of pyridine rings is 1. The van der Waals surface area contributed by atoms with Gasteiger partial charge in [-0.2, -0.15) is 0 Å². The summed E-state index contributed by atoms with van der Waals surface area (Å²) in [5, 5.41) is 7.02. The number of amides is 2. The first kappa shape index (κ1) is 17.2. The topological polar surface area (TPSA) is 57.3 Å². The van der Waals surface area contributed by atoms with E-state index in [0.717, 1.165) is 29.6 Å². The number of anilines is 1. The summed E-state index contributed by atoms with van der Waals surface area (Å²) in [5.41, 5.74) is 1.53. The second-order valence-electron chi connectivity index (χ2n) is 6.57. The molecule has 0 saturated heterocycles. The summed E-state index contributed by atoms with van der Waals surface area (Å²) in [6.07, 6.45) is 2.68. The second kappa shape index (κ2) is 7.92. The number of nitrogens with zero attached hydrogens (tertiary/aromatic N) is 2. The van der Waals surface area contributed by atoms with E-state index in [4.69, 9.17) is 0 Å². The first-order chi connectivity index (χ1) is 11.0. The Morgan fingerprint density at radius 2 is 1.96 bits per heavy atom. The Hall–Kier alpha value is -2.14. The minimum absolute atomic E-state index is 0.118. The molecule has 1 unspecified atom stereocenters. The van der Waals surface area contributed by atoms with Crippen LogP contribution in [0, 0.1) is 5.92 Å². The van der Waals surface area contributed by atoms with Crippen LogP contribution >= 0.6 is 0 Å². The van der Waals surface area contributed by atoms with Gasteiger partial charge in [0.05, 0.1) is 11.2 Å². The summed E-state index contributed by atoms with van der Waals surface area (Å²) in [5.74, 6) is 0.527. The third-order valence-corrected chi connectivity index (χ3v) is 3.56. The first-order valence-corrected chi connectivity index (χ1v) is 8.01. The Morgan fingerprint density at radius 1 is 1.22 bits per heavy atom. The lowest BCUT2D eigenvalue weighted by atomic mass is 10.0. The fourth-order valence-corrected chi connectivity index (χ4v) is 2.74. The lowest BCUT2D eigenvalue weighted by Gasteiger charge is -2.24. The van der Waals surface area contributed by atoms with Gasteiger partial charge in [0.2, 0.25) is 0 Å². The maximum atomic E-state index is 12.4. The van der Waals surface area contributed by atoms with Crippen LogP contribution in [0.5, 0.6) is 0 Å². The quantitative estimate of drug-likeness (QED) is 0.860. The molecule has 2 rings (SSSR count). The molecule has 124 valence electrons. The number of hydrogen-bond donors (Lipinski definition) is 2. The van der Waals surface area contributed by atoms with Crippen LogP contribution in [0.2, 0.25) is 0 Å². The van der Waals surface area contributed by atoms with Gasteiger partial charge in [-0.3, -0.25) is 4.98 Å². The average molecular weight is 314 g/mol. The van der Waals surface area contributed by atoms with Crippen molar-refractivity contribution < 1.29 is 4.79 Å². The van der Waals surface area contributed by atoms with E-state index in [0.29, 0.717) is 5.92 Å². The van der Waals surface area contributed by atoms with Crippen LogP contribution in [0.15, 0.2) is 36.5 Å². The Morgan fingerprint density at radius 3 is 2.65 bits per heavy atom. The third kappa shape index (κ3) is 5.21. The molecule has 0 saturated carbocycles. The highest BCUT2D eigenvalue weighted by Crippen LogP contribution is 2.20. The smallest absolute Gasteiger partial charge is 0.319 e. The molecule has 0 radical (unpaired) electrons. The number of benzene rings is 1. The van der Waals surface area contributed by atoms with Crippen molar-refractivity contribution in [1.29, 1.82) is 0 Å². The molecular formula is C18H26N4O. The number of para-hydroxylation sites is 1. The van der Waals surface area contributed by atoms with E-state index < -0.39 is 0 Å². The molecule has 23 heavy (non-hydrogen) atoms. The largest absolute Gasteiger partial charge is 0.334 e. The van der Waals surface area contributed by atoms with Gasteiger partial charge < -0.3 is 15.5 Å². The van der Waals surface area contributed by atoms with E-state index in [2.05, 4.69) is 34.4 Å². The van der Waals surface area contributed by atoms with Gasteiger partial charge in [-0.25, -0.2) is 4.79 Å². The van der Waals surface area contributed by atoms with Crippen LogP contribution in [-0.4, -0.2) is 42.6 Å². The Labute approximate surface area is 138 Å². The fraction of sp³-hybridized carbons (Fsp3) is 0.444. The maximum absolute atomic E-state index is 12.4. The fourth-order valence-electron chi connectivity index (χ4n) is 2.74. The van der Waals surface area contributed by atoms with Crippen molar-refractivity contribution in [3.8, 4) is 0 Å². The third-order valence-electron chi connectivity index (χ3n) is 3.56. The van der Waals surface area contributed by atoms with Gasteiger partial charge in [0, 0.05) is 24.2 Å². The standard InChI is InChI=1S/C18H26N4O/c1-13(2)11-15(12-22(3)4)20-18(23)21-16-9-5-7-14-8-6-10-19-17(14)16/h5-10,13,15H,11-12H2,1-4H3,(H2,20,21,23). The molecule has 1 aromatic carbocycles. The summed E-state index contributed by atoms with van der Waals surface area (Å²) < 4.78 is 0. The summed E-state index contributed by atoms with van der Waals surface area (Å²) in [6.45, 7) is 5.15. The van der Waals surface area contributed by atoms with Crippen molar-refractivity contribution in [2.45, 2.75) is 26.3 Å². The van der Waals surface area contributed by atoms with Crippen LogP contribution in [0.25, 0.3) is 10.9 Å². The summed E-state index contributed by atoms with van der Waals surface area (Å²) in [6, 6.07) is 9.59. The van der Waals surface area contributed by atoms with Gasteiger partial charge in [-0.15, -0.1) is 0 Å². The molecule has 0 bridgehead atoms. The number of urea groups is 1. The van der Waals surface area contributed by atoms with Crippen LogP contribution in [0.4, 0.5) is 10.5 Å². The number of carbonyl (C=O) groups excluding carboxylic acids is 1. The maximum Gasteiger partial charge on any atom is 0.319 e. The highest BCUT2D eigenvalue weighted by atomic mass is 16.2. The van der Waals surface area contributed by atoms with E-state index in [1.54, 1.807) is 6.20 Å². The molecular weight excluding hydrogens is 288 g/mol. The van der Waals surface area contributed by atoms with Gasteiger partial charge in [0.25, 0.3) is 0 Å².